The van der Waals surface area contributed by atoms with Gasteiger partial charge in [-0.2, -0.15) is 9.40 Å². The molecule has 0 unspecified atom stereocenters. The van der Waals surface area contributed by atoms with Crippen molar-refractivity contribution in [2.45, 2.75) is 56.9 Å². The van der Waals surface area contributed by atoms with E-state index in [1.165, 1.54) is 15.4 Å². The van der Waals surface area contributed by atoms with Gasteiger partial charge in [0.05, 0.1) is 17.4 Å². The van der Waals surface area contributed by atoms with E-state index in [0.29, 0.717) is 42.2 Å². The summed E-state index contributed by atoms with van der Waals surface area (Å²) < 4.78 is 29.4. The maximum Gasteiger partial charge on any atom is 0.246 e. The summed E-state index contributed by atoms with van der Waals surface area (Å²) in [7, 11) is -1.85. The number of fused-ring (bicyclic) bond motifs is 1. The van der Waals surface area contributed by atoms with Crippen molar-refractivity contribution in [3.8, 4) is 0 Å². The average molecular weight is 431 g/mol. The van der Waals surface area contributed by atoms with Gasteiger partial charge in [-0.15, -0.1) is 0 Å². The number of carbonyl (C=O) groups excluding carboxylic acids is 1. The van der Waals surface area contributed by atoms with Crippen molar-refractivity contribution in [1.29, 1.82) is 0 Å². The zero-order valence-electron chi connectivity index (χ0n) is 17.9. The maximum absolute atomic E-state index is 13.1. The number of nitrogens with one attached hydrogen (secondary N) is 1. The molecule has 30 heavy (non-hydrogen) atoms. The van der Waals surface area contributed by atoms with Crippen LogP contribution in [0.25, 0.3) is 0 Å². The van der Waals surface area contributed by atoms with Gasteiger partial charge in [0.15, 0.2) is 0 Å². The molecule has 4 rings (SSSR count). The van der Waals surface area contributed by atoms with Gasteiger partial charge in [0.2, 0.25) is 15.9 Å². The number of amides is 1. The zero-order valence-corrected chi connectivity index (χ0v) is 18.7. The van der Waals surface area contributed by atoms with Crippen LogP contribution in [0.4, 0.5) is 0 Å². The number of sulfonamides is 1. The van der Waals surface area contributed by atoms with Crippen LogP contribution in [0.5, 0.6) is 0 Å². The highest BCUT2D eigenvalue weighted by atomic mass is 32.2. The summed E-state index contributed by atoms with van der Waals surface area (Å²) in [5, 5.41) is 7.48. The second kappa shape index (κ2) is 8.15. The quantitative estimate of drug-likeness (QED) is 0.808. The molecule has 1 amide bonds. The van der Waals surface area contributed by atoms with Crippen LogP contribution in [-0.2, 0) is 28.3 Å². The van der Waals surface area contributed by atoms with Crippen molar-refractivity contribution in [2.24, 2.45) is 13.0 Å². The molecular weight excluding hydrogens is 400 g/mol. The molecule has 0 radical (unpaired) electrons. The van der Waals surface area contributed by atoms with Gasteiger partial charge in [0.1, 0.15) is 4.90 Å². The predicted molar refractivity (Wildman–Crippen MR) is 114 cm³/mol. The zero-order chi connectivity index (χ0) is 21.5. The van der Waals surface area contributed by atoms with Crippen LogP contribution in [0.2, 0.25) is 0 Å². The maximum atomic E-state index is 13.1. The summed E-state index contributed by atoms with van der Waals surface area (Å²) in [6.45, 7) is 4.21. The Bertz CT molecular complexity index is 1050. The summed E-state index contributed by atoms with van der Waals surface area (Å²) in [6.07, 6.45) is 4.17. The molecule has 1 aliphatic carbocycles. The first-order valence-electron chi connectivity index (χ1n) is 10.7. The summed E-state index contributed by atoms with van der Waals surface area (Å²) in [6, 6.07) is 8.37. The molecule has 2 aromatic rings. The minimum Gasteiger partial charge on any atom is -0.349 e. The molecule has 0 saturated carbocycles. The van der Waals surface area contributed by atoms with Crippen molar-refractivity contribution in [1.82, 2.24) is 19.4 Å². The van der Waals surface area contributed by atoms with E-state index in [2.05, 4.69) is 22.5 Å². The first kappa shape index (κ1) is 21.1. The Hall–Kier alpha value is -2.19. The Labute approximate surface area is 178 Å². The van der Waals surface area contributed by atoms with Gasteiger partial charge in [0.25, 0.3) is 0 Å². The highest BCUT2D eigenvalue weighted by molar-refractivity contribution is 7.89. The third-order valence-corrected chi connectivity index (χ3v) is 8.70. The highest BCUT2D eigenvalue weighted by Gasteiger charge is 2.35. The Kier molecular flexibility index (Phi) is 5.72. The number of rotatable bonds is 4. The van der Waals surface area contributed by atoms with Crippen molar-refractivity contribution in [3.05, 3.63) is 46.8 Å². The minimum absolute atomic E-state index is 0.0440. The molecule has 162 valence electrons. The van der Waals surface area contributed by atoms with Crippen LogP contribution in [-0.4, -0.2) is 41.5 Å². The van der Waals surface area contributed by atoms with Crippen molar-refractivity contribution < 1.29 is 13.2 Å². The molecule has 1 saturated heterocycles. The smallest absolute Gasteiger partial charge is 0.246 e. The molecule has 0 bridgehead atoms. The van der Waals surface area contributed by atoms with Gasteiger partial charge in [-0.3, -0.25) is 9.48 Å². The Morgan fingerprint density at radius 3 is 2.50 bits per heavy atom. The van der Waals surface area contributed by atoms with E-state index in [4.69, 9.17) is 0 Å². The molecule has 1 aromatic heterocycles. The summed E-state index contributed by atoms with van der Waals surface area (Å²) in [4.78, 5) is 13.2. The molecule has 2 aliphatic rings. The van der Waals surface area contributed by atoms with E-state index < -0.39 is 10.0 Å². The van der Waals surface area contributed by atoms with Gasteiger partial charge in [-0.1, -0.05) is 24.3 Å². The molecule has 7 nitrogen and oxygen atoms in total. The second-order valence-electron chi connectivity index (χ2n) is 8.45. The fraction of sp³-hybridized carbons (Fsp3) is 0.545. The number of benzene rings is 1. The van der Waals surface area contributed by atoms with E-state index in [0.717, 1.165) is 19.3 Å². The van der Waals surface area contributed by atoms with Gasteiger partial charge in [-0.05, 0) is 57.1 Å². The van der Waals surface area contributed by atoms with E-state index in [9.17, 15) is 13.2 Å². The fourth-order valence-corrected chi connectivity index (χ4v) is 6.68. The lowest BCUT2D eigenvalue weighted by molar-refractivity contribution is -0.127. The second-order valence-corrected chi connectivity index (χ2v) is 10.3. The Morgan fingerprint density at radius 2 is 1.83 bits per heavy atom. The first-order valence-corrected chi connectivity index (χ1v) is 12.1. The molecular formula is C22H30N4O3S. The lowest BCUT2D eigenvalue weighted by atomic mass is 9.87. The van der Waals surface area contributed by atoms with Crippen LogP contribution in [0.1, 0.15) is 54.2 Å². The van der Waals surface area contributed by atoms with Gasteiger partial charge < -0.3 is 5.32 Å². The monoisotopic (exact) mass is 430 g/mol. The Morgan fingerprint density at radius 1 is 1.13 bits per heavy atom. The molecule has 8 heteroatoms. The number of hydrogen-bond donors (Lipinski definition) is 1. The van der Waals surface area contributed by atoms with E-state index >= 15 is 0 Å². The highest BCUT2D eigenvalue weighted by Crippen LogP contribution is 2.31. The summed E-state index contributed by atoms with van der Waals surface area (Å²) in [5.74, 6) is -0.107. The Balaban J connectivity index is 1.41. The van der Waals surface area contributed by atoms with Crippen LogP contribution in [0, 0.1) is 19.8 Å². The third kappa shape index (κ3) is 3.78. The lowest BCUT2D eigenvalue weighted by Crippen LogP contribution is -2.44. The molecule has 1 atom stereocenters. The minimum atomic E-state index is -3.60. The van der Waals surface area contributed by atoms with Crippen molar-refractivity contribution in [2.75, 3.05) is 13.1 Å². The summed E-state index contributed by atoms with van der Waals surface area (Å²) >= 11 is 0. The third-order valence-electron chi connectivity index (χ3n) is 6.55. The molecule has 1 aliphatic heterocycles. The molecule has 1 aromatic carbocycles. The first-order chi connectivity index (χ1) is 14.3. The van der Waals surface area contributed by atoms with Gasteiger partial charge in [-0.25, -0.2) is 8.42 Å². The van der Waals surface area contributed by atoms with Gasteiger partial charge >= 0.3 is 0 Å². The molecule has 1 N–H and O–H groups in total. The largest absolute Gasteiger partial charge is 0.349 e. The van der Waals surface area contributed by atoms with Crippen LogP contribution in [0.3, 0.4) is 0 Å². The number of piperidine rings is 1. The van der Waals surface area contributed by atoms with Gasteiger partial charge in [0, 0.05) is 26.1 Å². The van der Waals surface area contributed by atoms with Crippen LogP contribution >= 0.6 is 0 Å². The fourth-order valence-electron chi connectivity index (χ4n) is 4.81. The average Bonchev–Trinajstić information content (AvgIpc) is 3.00. The van der Waals surface area contributed by atoms with Crippen LogP contribution < -0.4 is 5.32 Å². The number of hydrogen-bond acceptors (Lipinski definition) is 4. The predicted octanol–water partition coefficient (Wildman–Crippen LogP) is 2.63. The van der Waals surface area contributed by atoms with E-state index in [-0.39, 0.29) is 17.9 Å². The van der Waals surface area contributed by atoms with Crippen molar-refractivity contribution >= 4 is 15.9 Å². The van der Waals surface area contributed by atoms with Crippen LogP contribution in [0.15, 0.2) is 29.2 Å². The van der Waals surface area contributed by atoms with Crippen molar-refractivity contribution in [3.63, 3.8) is 0 Å². The topological polar surface area (TPSA) is 84.3 Å². The number of aryl methyl sites for hydroxylation is 3. The summed E-state index contributed by atoms with van der Waals surface area (Å²) in [5.41, 5.74) is 3.70. The number of nitrogens with zero attached hydrogens (tertiary/aromatic N) is 3. The standard InChI is InChI=1S/C22H30N4O3S/c1-15-21(16(2)25(3)24-15)30(28,29)26-13-11-18(12-14-26)22(27)23-20-10-6-8-17-7-4-5-9-19(17)20/h4-5,7,9,18,20H,6,8,10-14H2,1-3H3,(H,23,27)/t20-/m0/s1. The lowest BCUT2D eigenvalue weighted by Gasteiger charge is -2.32. The molecule has 2 heterocycles. The number of carbonyl (C=O) groups is 1. The SMILES string of the molecule is Cc1nn(C)c(C)c1S(=O)(=O)N1CCC(C(=O)N[C@H]2CCCc3ccccc32)CC1. The van der Waals surface area contributed by atoms with E-state index in [1.54, 1.807) is 25.6 Å². The molecule has 1 fully saturated rings. The van der Waals surface area contributed by atoms with E-state index in [1.807, 2.05) is 12.1 Å². The normalized spacial score (nSPS) is 20.7. The molecule has 0 spiro atoms. The number of aromatic nitrogens is 2.